The second kappa shape index (κ2) is 4.66. The average molecular weight is 262 g/mol. The highest BCUT2D eigenvalue weighted by Crippen LogP contribution is 2.40. The Morgan fingerprint density at radius 1 is 0.800 bits per heavy atom. The van der Waals surface area contributed by atoms with Gasteiger partial charge in [-0.25, -0.2) is 5.53 Å². The molecule has 0 amide bonds. The minimum absolute atomic E-state index is 0.329. The van der Waals surface area contributed by atoms with Crippen LogP contribution in [-0.4, -0.2) is 0 Å². The highest BCUT2D eigenvalue weighted by atomic mass is 15.0. The molecule has 0 saturated heterocycles. The SMILES string of the molecule is N=Nc1c(N)ccc(-c2cccc3ccccc23)c1N. The number of hydrogen-bond acceptors (Lipinski definition) is 4. The monoisotopic (exact) mass is 262 g/mol. The first-order valence-electron chi connectivity index (χ1n) is 6.26. The number of nitrogen functional groups attached to an aromatic ring is 2. The second-order valence-electron chi connectivity index (χ2n) is 4.60. The van der Waals surface area contributed by atoms with Crippen LogP contribution in [-0.2, 0) is 0 Å². The Bertz CT molecular complexity index is 803. The summed E-state index contributed by atoms with van der Waals surface area (Å²) in [6, 6.07) is 17.8. The second-order valence-corrected chi connectivity index (χ2v) is 4.60. The Labute approximate surface area is 116 Å². The van der Waals surface area contributed by atoms with Crippen LogP contribution in [0.4, 0.5) is 17.1 Å². The van der Waals surface area contributed by atoms with Crippen molar-refractivity contribution in [1.29, 1.82) is 5.53 Å². The van der Waals surface area contributed by atoms with Crippen molar-refractivity contribution in [3.63, 3.8) is 0 Å². The topological polar surface area (TPSA) is 88.2 Å². The Hall–Kier alpha value is -2.88. The van der Waals surface area contributed by atoms with Gasteiger partial charge in [0.1, 0.15) is 5.69 Å². The molecule has 98 valence electrons. The Morgan fingerprint density at radius 2 is 1.55 bits per heavy atom. The van der Waals surface area contributed by atoms with E-state index in [1.54, 1.807) is 6.07 Å². The molecule has 0 spiro atoms. The highest BCUT2D eigenvalue weighted by molar-refractivity contribution is 6.02. The van der Waals surface area contributed by atoms with Crippen molar-refractivity contribution in [3.8, 4) is 11.1 Å². The lowest BCUT2D eigenvalue weighted by molar-refractivity contribution is 1.15. The summed E-state index contributed by atoms with van der Waals surface area (Å²) in [5.41, 5.74) is 22.2. The van der Waals surface area contributed by atoms with Gasteiger partial charge >= 0.3 is 0 Å². The number of rotatable bonds is 2. The fourth-order valence-electron chi connectivity index (χ4n) is 2.44. The van der Waals surface area contributed by atoms with Crippen LogP contribution in [0.2, 0.25) is 0 Å². The summed E-state index contributed by atoms with van der Waals surface area (Å²) in [5, 5.41) is 5.69. The molecule has 0 unspecified atom stereocenters. The summed E-state index contributed by atoms with van der Waals surface area (Å²) >= 11 is 0. The highest BCUT2D eigenvalue weighted by Gasteiger charge is 2.12. The van der Waals surface area contributed by atoms with Crippen LogP contribution in [0.3, 0.4) is 0 Å². The lowest BCUT2D eigenvalue weighted by atomic mass is 9.96. The van der Waals surface area contributed by atoms with E-state index in [1.807, 2.05) is 30.3 Å². The van der Waals surface area contributed by atoms with Gasteiger partial charge in [0.25, 0.3) is 0 Å². The van der Waals surface area contributed by atoms with E-state index < -0.39 is 0 Å². The maximum atomic E-state index is 7.21. The van der Waals surface area contributed by atoms with Gasteiger partial charge in [-0.15, -0.1) is 0 Å². The molecular weight excluding hydrogens is 248 g/mol. The molecule has 4 nitrogen and oxygen atoms in total. The van der Waals surface area contributed by atoms with Crippen LogP contribution in [0.1, 0.15) is 0 Å². The molecule has 0 heterocycles. The number of benzene rings is 3. The molecule has 3 aromatic rings. The third kappa shape index (κ3) is 1.78. The summed E-state index contributed by atoms with van der Waals surface area (Å²) in [4.78, 5) is 0. The smallest absolute Gasteiger partial charge is 0.131 e. The molecule has 0 atom stereocenters. The fourth-order valence-corrected chi connectivity index (χ4v) is 2.44. The quantitative estimate of drug-likeness (QED) is 0.474. The van der Waals surface area contributed by atoms with E-state index >= 15 is 0 Å². The zero-order valence-electron chi connectivity index (χ0n) is 10.8. The first-order valence-corrected chi connectivity index (χ1v) is 6.26. The lowest BCUT2D eigenvalue weighted by Gasteiger charge is -2.12. The molecule has 4 heteroatoms. The third-order valence-electron chi connectivity index (χ3n) is 3.44. The fraction of sp³-hybridized carbons (Fsp3) is 0. The molecule has 0 aliphatic rings. The van der Waals surface area contributed by atoms with Crippen molar-refractivity contribution in [2.75, 3.05) is 11.5 Å². The number of nitrogens with zero attached hydrogens (tertiary/aromatic N) is 1. The number of fused-ring (bicyclic) bond motifs is 1. The zero-order chi connectivity index (χ0) is 14.1. The van der Waals surface area contributed by atoms with Gasteiger partial charge in [0.15, 0.2) is 0 Å². The largest absolute Gasteiger partial charge is 0.397 e. The third-order valence-corrected chi connectivity index (χ3v) is 3.44. The Kier molecular flexibility index (Phi) is 2.84. The molecule has 0 fully saturated rings. The van der Waals surface area contributed by atoms with Crippen molar-refractivity contribution in [3.05, 3.63) is 54.6 Å². The van der Waals surface area contributed by atoms with Crippen molar-refractivity contribution >= 4 is 27.8 Å². The van der Waals surface area contributed by atoms with E-state index in [2.05, 4.69) is 23.3 Å². The number of anilines is 2. The zero-order valence-corrected chi connectivity index (χ0v) is 10.8. The van der Waals surface area contributed by atoms with Gasteiger partial charge in [-0.05, 0) is 22.4 Å². The molecular formula is C16H14N4. The van der Waals surface area contributed by atoms with Crippen LogP contribution in [0.15, 0.2) is 59.7 Å². The minimum atomic E-state index is 0.329. The summed E-state index contributed by atoms with van der Waals surface area (Å²) in [5.74, 6) is 0. The first kappa shape index (κ1) is 12.2. The molecule has 0 bridgehead atoms. The van der Waals surface area contributed by atoms with Gasteiger partial charge in [-0.3, -0.25) is 0 Å². The van der Waals surface area contributed by atoms with Gasteiger partial charge in [0.2, 0.25) is 0 Å². The van der Waals surface area contributed by atoms with Crippen LogP contribution in [0, 0.1) is 5.53 Å². The van der Waals surface area contributed by atoms with Gasteiger partial charge < -0.3 is 11.5 Å². The Balaban J connectivity index is 2.34. The molecule has 0 aliphatic carbocycles. The molecule has 3 rings (SSSR count). The molecule has 5 N–H and O–H groups in total. The van der Waals surface area contributed by atoms with Gasteiger partial charge in [-0.2, -0.15) is 5.11 Å². The van der Waals surface area contributed by atoms with Gasteiger partial charge in [0.05, 0.1) is 11.4 Å². The van der Waals surface area contributed by atoms with Crippen LogP contribution in [0.25, 0.3) is 21.9 Å². The maximum Gasteiger partial charge on any atom is 0.131 e. The standard InChI is InChI=1S/C16H14N4/c17-14-9-8-13(15(18)16(14)20-19)12-7-3-5-10-4-1-2-6-11(10)12/h1-9,19H,17-18H2. The molecule has 20 heavy (non-hydrogen) atoms. The van der Waals surface area contributed by atoms with Crippen molar-refractivity contribution < 1.29 is 0 Å². The predicted molar refractivity (Wildman–Crippen MR) is 83.0 cm³/mol. The number of nitrogens with one attached hydrogen (secondary N) is 1. The average Bonchev–Trinajstić information content (AvgIpc) is 2.48. The molecule has 3 aromatic carbocycles. The normalized spacial score (nSPS) is 10.6. The van der Waals surface area contributed by atoms with E-state index in [4.69, 9.17) is 17.0 Å². The van der Waals surface area contributed by atoms with Crippen molar-refractivity contribution in [2.45, 2.75) is 0 Å². The molecule has 0 saturated carbocycles. The summed E-state index contributed by atoms with van der Waals surface area (Å²) in [6.07, 6.45) is 0. The van der Waals surface area contributed by atoms with E-state index in [9.17, 15) is 0 Å². The van der Waals surface area contributed by atoms with Crippen LogP contribution < -0.4 is 11.5 Å². The summed E-state index contributed by atoms with van der Waals surface area (Å²) in [7, 11) is 0. The van der Waals surface area contributed by atoms with E-state index in [0.717, 1.165) is 21.9 Å². The molecule has 0 aromatic heterocycles. The maximum absolute atomic E-state index is 7.21. The summed E-state index contributed by atoms with van der Waals surface area (Å²) < 4.78 is 0. The molecule has 0 radical (unpaired) electrons. The predicted octanol–water partition coefficient (Wildman–Crippen LogP) is 4.33. The van der Waals surface area contributed by atoms with E-state index in [0.29, 0.717) is 17.1 Å². The van der Waals surface area contributed by atoms with Gasteiger partial charge in [0, 0.05) is 5.56 Å². The van der Waals surface area contributed by atoms with E-state index in [-0.39, 0.29) is 0 Å². The van der Waals surface area contributed by atoms with Crippen LogP contribution >= 0.6 is 0 Å². The number of hydrogen-bond donors (Lipinski definition) is 3. The molecule has 0 aliphatic heterocycles. The van der Waals surface area contributed by atoms with Gasteiger partial charge in [-0.1, -0.05) is 48.5 Å². The Morgan fingerprint density at radius 3 is 2.35 bits per heavy atom. The number of nitrogens with two attached hydrogens (primary N) is 2. The van der Waals surface area contributed by atoms with Crippen LogP contribution in [0.5, 0.6) is 0 Å². The van der Waals surface area contributed by atoms with E-state index in [1.165, 1.54) is 0 Å². The van der Waals surface area contributed by atoms with Crippen molar-refractivity contribution in [2.24, 2.45) is 5.11 Å². The minimum Gasteiger partial charge on any atom is -0.397 e. The lowest BCUT2D eigenvalue weighted by Crippen LogP contribution is -1.95. The first-order chi connectivity index (χ1) is 9.72. The van der Waals surface area contributed by atoms with Crippen molar-refractivity contribution in [1.82, 2.24) is 0 Å². The summed E-state index contributed by atoms with van der Waals surface area (Å²) in [6.45, 7) is 0.